The summed E-state index contributed by atoms with van der Waals surface area (Å²) >= 11 is 0. The van der Waals surface area contributed by atoms with Gasteiger partial charge in [0.2, 0.25) is 15.9 Å². The lowest BCUT2D eigenvalue weighted by atomic mass is 9.96. The molecular weight excluding hydrogens is 450 g/mol. The van der Waals surface area contributed by atoms with E-state index in [4.69, 9.17) is 4.42 Å². The smallest absolute Gasteiger partial charge is 0.264 e. The summed E-state index contributed by atoms with van der Waals surface area (Å²) in [5.41, 5.74) is 2.90. The molecule has 34 heavy (non-hydrogen) atoms. The maximum atomic E-state index is 13.3. The zero-order chi connectivity index (χ0) is 23.5. The van der Waals surface area contributed by atoms with Crippen LogP contribution in [0.4, 0.5) is 0 Å². The Bertz CT molecular complexity index is 1290. The van der Waals surface area contributed by atoms with Gasteiger partial charge in [0.05, 0.1) is 6.04 Å². The van der Waals surface area contributed by atoms with Crippen LogP contribution < -0.4 is 0 Å². The van der Waals surface area contributed by atoms with Crippen LogP contribution in [0.3, 0.4) is 0 Å². The van der Waals surface area contributed by atoms with E-state index in [0.29, 0.717) is 44.2 Å². The molecule has 5 rings (SSSR count). The zero-order valence-corrected chi connectivity index (χ0v) is 19.8. The molecule has 1 saturated heterocycles. The van der Waals surface area contributed by atoms with Crippen LogP contribution >= 0.6 is 0 Å². The molecule has 0 unspecified atom stereocenters. The molecule has 2 aromatic carbocycles. The molecule has 4 aromatic rings. The summed E-state index contributed by atoms with van der Waals surface area (Å²) in [6.45, 7) is 4.02. The summed E-state index contributed by atoms with van der Waals surface area (Å²) < 4.78 is 33.8. The minimum atomic E-state index is -3.64. The van der Waals surface area contributed by atoms with Crippen molar-refractivity contribution < 1.29 is 12.8 Å². The molecular formula is C25H27N5O3S. The maximum absolute atomic E-state index is 13.3. The predicted octanol–water partition coefficient (Wildman–Crippen LogP) is 3.72. The fraction of sp³-hybridized carbons (Fsp3) is 0.280. The van der Waals surface area contributed by atoms with Gasteiger partial charge >= 0.3 is 0 Å². The Morgan fingerprint density at radius 3 is 2.12 bits per heavy atom. The van der Waals surface area contributed by atoms with E-state index in [2.05, 4.69) is 44.3 Å². The summed E-state index contributed by atoms with van der Waals surface area (Å²) in [6.07, 6.45) is 2.11. The quantitative estimate of drug-likeness (QED) is 0.436. The molecule has 1 N–H and O–H groups in total. The van der Waals surface area contributed by atoms with E-state index in [1.54, 1.807) is 10.4 Å². The molecule has 2 aromatic heterocycles. The van der Waals surface area contributed by atoms with E-state index in [0.717, 1.165) is 0 Å². The molecule has 0 spiro atoms. The van der Waals surface area contributed by atoms with Gasteiger partial charge in [0, 0.05) is 38.8 Å². The van der Waals surface area contributed by atoms with Gasteiger partial charge in [0.25, 0.3) is 5.89 Å². The van der Waals surface area contributed by atoms with Crippen molar-refractivity contribution in [2.75, 3.05) is 26.2 Å². The number of H-pyrrole nitrogens is 1. The number of nitrogens with one attached hydrogen (secondary N) is 1. The Labute approximate surface area is 199 Å². The van der Waals surface area contributed by atoms with E-state index in [1.807, 2.05) is 43.3 Å². The minimum absolute atomic E-state index is 0.0800. The molecule has 1 aliphatic heterocycles. The molecule has 0 bridgehead atoms. The van der Waals surface area contributed by atoms with Crippen LogP contribution in [0, 0.1) is 0 Å². The molecule has 9 heteroatoms. The fourth-order valence-electron chi connectivity index (χ4n) is 4.39. The first kappa shape index (κ1) is 22.5. The van der Waals surface area contributed by atoms with E-state index < -0.39 is 10.0 Å². The molecule has 0 atom stereocenters. The number of nitrogens with zero attached hydrogens (tertiary/aromatic N) is 4. The average Bonchev–Trinajstić information content (AvgIpc) is 3.56. The van der Waals surface area contributed by atoms with Crippen molar-refractivity contribution in [3.05, 3.63) is 89.9 Å². The minimum Gasteiger partial charge on any atom is -0.419 e. The Morgan fingerprint density at radius 2 is 1.56 bits per heavy atom. The first-order valence-corrected chi connectivity index (χ1v) is 12.9. The van der Waals surface area contributed by atoms with Gasteiger partial charge in [-0.2, -0.15) is 4.31 Å². The summed E-state index contributed by atoms with van der Waals surface area (Å²) in [4.78, 5) is 5.52. The van der Waals surface area contributed by atoms with Gasteiger partial charge in [-0.1, -0.05) is 67.6 Å². The van der Waals surface area contributed by atoms with E-state index in [9.17, 15) is 8.42 Å². The lowest BCUT2D eigenvalue weighted by molar-refractivity contribution is 0.156. The molecule has 176 valence electrons. The lowest BCUT2D eigenvalue weighted by Gasteiger charge is -2.39. The predicted molar refractivity (Wildman–Crippen MR) is 129 cm³/mol. The summed E-state index contributed by atoms with van der Waals surface area (Å²) in [6, 6.07) is 22.4. The van der Waals surface area contributed by atoms with Crippen LogP contribution in [-0.2, 0) is 16.4 Å². The van der Waals surface area contributed by atoms with Crippen molar-refractivity contribution in [3.63, 3.8) is 0 Å². The second kappa shape index (κ2) is 9.54. The molecule has 1 fully saturated rings. The highest BCUT2D eigenvalue weighted by Gasteiger charge is 2.33. The number of sulfonamides is 1. The van der Waals surface area contributed by atoms with Crippen LogP contribution in [0.1, 0.15) is 30.0 Å². The maximum Gasteiger partial charge on any atom is 0.264 e. The van der Waals surface area contributed by atoms with Crippen LogP contribution in [0.15, 0.2) is 82.2 Å². The van der Waals surface area contributed by atoms with Crippen LogP contribution in [0.25, 0.3) is 11.6 Å². The molecule has 3 heterocycles. The Kier molecular flexibility index (Phi) is 6.32. The van der Waals surface area contributed by atoms with Crippen molar-refractivity contribution in [2.45, 2.75) is 24.3 Å². The lowest BCUT2D eigenvalue weighted by Crippen LogP contribution is -2.49. The second-order valence-electron chi connectivity index (χ2n) is 8.27. The monoisotopic (exact) mass is 477 g/mol. The van der Waals surface area contributed by atoms with Crippen LogP contribution in [-0.4, -0.2) is 59.0 Å². The number of aromatic amines is 1. The highest BCUT2D eigenvalue weighted by atomic mass is 32.2. The van der Waals surface area contributed by atoms with Crippen molar-refractivity contribution in [3.8, 4) is 11.6 Å². The topological polar surface area (TPSA) is 95.3 Å². The third kappa shape index (κ3) is 4.42. The van der Waals surface area contributed by atoms with Crippen molar-refractivity contribution in [1.82, 2.24) is 24.4 Å². The van der Waals surface area contributed by atoms with E-state index in [1.165, 1.54) is 17.3 Å². The first-order valence-electron chi connectivity index (χ1n) is 11.4. The Hall–Kier alpha value is -3.27. The SMILES string of the molecule is CCc1nnc(-c2cc(S(=O)(=O)N3CCN(C(c4ccccc4)c4ccccc4)CC3)c[nH]2)o1. The van der Waals surface area contributed by atoms with Gasteiger partial charge in [-0.25, -0.2) is 8.42 Å². The summed E-state index contributed by atoms with van der Waals surface area (Å²) in [7, 11) is -3.64. The van der Waals surface area contributed by atoms with Gasteiger partial charge in [0.1, 0.15) is 10.6 Å². The molecule has 8 nitrogen and oxygen atoms in total. The zero-order valence-electron chi connectivity index (χ0n) is 19.0. The summed E-state index contributed by atoms with van der Waals surface area (Å²) in [5, 5.41) is 7.93. The standard InChI is InChI=1S/C25H27N5O3S/c1-2-23-27-28-25(33-23)22-17-21(18-26-22)34(31,32)30-15-13-29(14-16-30)24(19-9-5-3-6-10-19)20-11-7-4-8-12-20/h3-12,17-18,24,26H,2,13-16H2,1H3. The number of aromatic nitrogens is 3. The Balaban J connectivity index is 1.33. The molecule has 0 saturated carbocycles. The number of hydrogen-bond donors (Lipinski definition) is 1. The molecule has 0 amide bonds. The van der Waals surface area contributed by atoms with Gasteiger partial charge in [-0.05, 0) is 17.2 Å². The Morgan fingerprint density at radius 1 is 0.941 bits per heavy atom. The van der Waals surface area contributed by atoms with Gasteiger partial charge in [0.15, 0.2) is 0 Å². The van der Waals surface area contributed by atoms with Crippen molar-refractivity contribution in [2.24, 2.45) is 0 Å². The molecule has 1 aliphatic rings. The van der Waals surface area contributed by atoms with E-state index >= 15 is 0 Å². The average molecular weight is 478 g/mol. The summed E-state index contributed by atoms with van der Waals surface area (Å²) in [5.74, 6) is 0.799. The number of hydrogen-bond acceptors (Lipinski definition) is 6. The highest BCUT2D eigenvalue weighted by Crippen LogP contribution is 2.31. The largest absolute Gasteiger partial charge is 0.419 e. The van der Waals surface area contributed by atoms with Crippen molar-refractivity contribution in [1.29, 1.82) is 0 Å². The number of aryl methyl sites for hydroxylation is 1. The highest BCUT2D eigenvalue weighted by molar-refractivity contribution is 7.89. The first-order chi connectivity index (χ1) is 16.6. The van der Waals surface area contributed by atoms with Gasteiger partial charge < -0.3 is 9.40 Å². The number of benzene rings is 2. The normalized spacial score (nSPS) is 15.7. The van der Waals surface area contributed by atoms with Gasteiger partial charge in [-0.3, -0.25) is 4.90 Å². The van der Waals surface area contributed by atoms with Crippen LogP contribution in [0.5, 0.6) is 0 Å². The second-order valence-corrected chi connectivity index (χ2v) is 10.2. The fourth-order valence-corrected chi connectivity index (χ4v) is 5.80. The third-order valence-corrected chi connectivity index (χ3v) is 8.04. The van der Waals surface area contributed by atoms with E-state index in [-0.39, 0.29) is 16.8 Å². The number of piperazine rings is 1. The van der Waals surface area contributed by atoms with Crippen molar-refractivity contribution >= 4 is 10.0 Å². The van der Waals surface area contributed by atoms with Gasteiger partial charge in [-0.15, -0.1) is 10.2 Å². The molecule has 0 aliphatic carbocycles. The third-order valence-electron chi connectivity index (χ3n) is 6.16. The van der Waals surface area contributed by atoms with Crippen LogP contribution in [0.2, 0.25) is 0 Å². The molecule has 0 radical (unpaired) electrons. The number of rotatable bonds is 7.